The van der Waals surface area contributed by atoms with Crippen LogP contribution in [-0.2, 0) is 11.2 Å². The number of amides is 1. The zero-order chi connectivity index (χ0) is 16.9. The van der Waals surface area contributed by atoms with Crippen LogP contribution < -0.4 is 5.32 Å². The molecule has 24 heavy (non-hydrogen) atoms. The highest BCUT2D eigenvalue weighted by Gasteiger charge is 2.10. The maximum atomic E-state index is 11.9. The van der Waals surface area contributed by atoms with Gasteiger partial charge in [-0.15, -0.1) is 5.10 Å². The Morgan fingerprint density at radius 3 is 2.79 bits per heavy atom. The van der Waals surface area contributed by atoms with Gasteiger partial charge in [0.2, 0.25) is 11.1 Å². The fourth-order valence-electron chi connectivity index (χ4n) is 2.07. The summed E-state index contributed by atoms with van der Waals surface area (Å²) >= 11 is 1.25. The fraction of sp³-hybridized carbons (Fsp3) is 0.250. The number of thioether (sulfide) groups is 1. The Labute approximate surface area is 143 Å². The van der Waals surface area contributed by atoms with Gasteiger partial charge in [-0.1, -0.05) is 48.1 Å². The van der Waals surface area contributed by atoms with Crippen molar-refractivity contribution in [2.45, 2.75) is 25.4 Å². The monoisotopic (exact) mass is 343 g/mol. The van der Waals surface area contributed by atoms with E-state index in [2.05, 4.69) is 44.7 Å². The number of anilines is 1. The van der Waals surface area contributed by atoms with Crippen LogP contribution >= 0.6 is 11.8 Å². The second-order valence-electron chi connectivity index (χ2n) is 5.18. The van der Waals surface area contributed by atoms with E-state index in [0.717, 1.165) is 12.0 Å². The van der Waals surface area contributed by atoms with Gasteiger partial charge in [-0.3, -0.25) is 9.89 Å². The summed E-state index contributed by atoms with van der Waals surface area (Å²) in [5, 5.41) is 13.9. The van der Waals surface area contributed by atoms with Crippen LogP contribution in [0.1, 0.15) is 18.2 Å². The molecule has 124 valence electrons. The molecule has 0 saturated carbocycles. The third-order valence-electron chi connectivity index (χ3n) is 3.33. The van der Waals surface area contributed by atoms with Crippen molar-refractivity contribution in [1.82, 2.24) is 20.3 Å². The van der Waals surface area contributed by atoms with Crippen LogP contribution in [0.25, 0.3) is 11.4 Å². The molecule has 3 rings (SSSR count). The molecule has 2 aromatic heterocycles. The third kappa shape index (κ3) is 4.02. The lowest BCUT2D eigenvalue weighted by atomic mass is 10.1. The third-order valence-corrected chi connectivity index (χ3v) is 4.18. The first-order chi connectivity index (χ1) is 11.6. The molecule has 3 aromatic rings. The van der Waals surface area contributed by atoms with Gasteiger partial charge in [0.15, 0.2) is 11.6 Å². The van der Waals surface area contributed by atoms with Gasteiger partial charge in [0.25, 0.3) is 0 Å². The molecule has 7 nitrogen and oxygen atoms in total. The Balaban J connectivity index is 1.56. The van der Waals surface area contributed by atoms with Crippen LogP contribution in [0.5, 0.6) is 0 Å². The Kier molecular flexibility index (Phi) is 4.95. The molecule has 0 spiro atoms. The van der Waals surface area contributed by atoms with Crippen molar-refractivity contribution in [2.75, 3.05) is 11.1 Å². The molecule has 1 aromatic carbocycles. The maximum absolute atomic E-state index is 11.9. The minimum Gasteiger partial charge on any atom is -0.360 e. The van der Waals surface area contributed by atoms with Crippen molar-refractivity contribution < 1.29 is 9.32 Å². The summed E-state index contributed by atoms with van der Waals surface area (Å²) < 4.78 is 4.90. The number of carbonyl (C=O) groups excluding carboxylic acids is 1. The van der Waals surface area contributed by atoms with Crippen LogP contribution in [-0.4, -0.2) is 32.0 Å². The number of hydrogen-bond acceptors (Lipinski definition) is 6. The van der Waals surface area contributed by atoms with Crippen LogP contribution in [0.15, 0.2) is 40.0 Å². The van der Waals surface area contributed by atoms with E-state index in [1.165, 1.54) is 17.3 Å². The van der Waals surface area contributed by atoms with Gasteiger partial charge >= 0.3 is 0 Å². The van der Waals surface area contributed by atoms with Gasteiger partial charge in [0.05, 0.1) is 5.75 Å². The highest BCUT2D eigenvalue weighted by atomic mass is 32.2. The Morgan fingerprint density at radius 1 is 1.33 bits per heavy atom. The highest BCUT2D eigenvalue weighted by molar-refractivity contribution is 7.99. The molecule has 1 amide bonds. The number of carbonyl (C=O) groups is 1. The number of nitrogens with one attached hydrogen (secondary N) is 2. The number of nitrogens with zero attached hydrogens (tertiary/aromatic N) is 3. The van der Waals surface area contributed by atoms with E-state index in [0.29, 0.717) is 22.6 Å². The van der Waals surface area contributed by atoms with E-state index >= 15 is 0 Å². The first-order valence-corrected chi connectivity index (χ1v) is 8.50. The number of aryl methyl sites for hydroxylation is 2. The summed E-state index contributed by atoms with van der Waals surface area (Å²) in [5.41, 5.74) is 2.24. The second-order valence-corrected chi connectivity index (χ2v) is 6.12. The molecule has 0 radical (unpaired) electrons. The van der Waals surface area contributed by atoms with Crippen LogP contribution in [0.4, 0.5) is 5.82 Å². The van der Waals surface area contributed by atoms with E-state index in [1.807, 2.05) is 12.1 Å². The number of benzene rings is 1. The first kappa shape index (κ1) is 16.3. The quantitative estimate of drug-likeness (QED) is 0.668. The molecule has 0 unspecified atom stereocenters. The smallest absolute Gasteiger partial charge is 0.236 e. The number of aromatic amines is 1. The van der Waals surface area contributed by atoms with E-state index < -0.39 is 0 Å². The minimum atomic E-state index is -0.188. The standard InChI is InChI=1S/C16H17N5O2S/c1-3-11-4-6-12(7-5-11)15-18-16(20-19-15)24-9-14(22)17-13-8-10(2)23-21-13/h4-8H,3,9H2,1-2H3,(H,17,21,22)(H,18,19,20). The van der Waals surface area contributed by atoms with Crippen molar-refractivity contribution in [1.29, 1.82) is 0 Å². The topological polar surface area (TPSA) is 96.7 Å². The van der Waals surface area contributed by atoms with Crippen LogP contribution in [0, 0.1) is 6.92 Å². The minimum absolute atomic E-state index is 0.188. The van der Waals surface area contributed by atoms with Gasteiger partial charge in [-0.05, 0) is 18.9 Å². The molecule has 0 atom stereocenters. The Hall–Kier alpha value is -2.61. The van der Waals surface area contributed by atoms with Crippen molar-refractivity contribution in [3.8, 4) is 11.4 Å². The van der Waals surface area contributed by atoms with Gasteiger partial charge in [-0.25, -0.2) is 4.98 Å². The fourth-order valence-corrected chi connectivity index (χ4v) is 2.67. The summed E-state index contributed by atoms with van der Waals surface area (Å²) in [4.78, 5) is 16.3. The average molecular weight is 343 g/mol. The summed E-state index contributed by atoms with van der Waals surface area (Å²) in [6.07, 6.45) is 0.998. The van der Waals surface area contributed by atoms with Gasteiger partial charge in [-0.2, -0.15) is 0 Å². The maximum Gasteiger partial charge on any atom is 0.236 e. The number of rotatable bonds is 6. The number of hydrogen-bond donors (Lipinski definition) is 2. The average Bonchev–Trinajstić information content (AvgIpc) is 3.22. The summed E-state index contributed by atoms with van der Waals surface area (Å²) in [5.74, 6) is 1.74. The van der Waals surface area contributed by atoms with Gasteiger partial charge in [0.1, 0.15) is 5.76 Å². The molecular formula is C16H17N5O2S. The molecule has 2 N–H and O–H groups in total. The lowest BCUT2D eigenvalue weighted by Crippen LogP contribution is -2.14. The predicted octanol–water partition coefficient (Wildman–Crippen LogP) is 3.06. The van der Waals surface area contributed by atoms with E-state index in [9.17, 15) is 4.79 Å². The van der Waals surface area contributed by atoms with Crippen LogP contribution in [0.2, 0.25) is 0 Å². The summed E-state index contributed by atoms with van der Waals surface area (Å²) in [6.45, 7) is 3.88. The van der Waals surface area contributed by atoms with Gasteiger partial charge < -0.3 is 9.84 Å². The zero-order valence-electron chi connectivity index (χ0n) is 13.4. The van der Waals surface area contributed by atoms with Gasteiger partial charge in [0, 0.05) is 11.6 Å². The first-order valence-electron chi connectivity index (χ1n) is 7.51. The molecule has 0 aliphatic heterocycles. The van der Waals surface area contributed by atoms with Crippen molar-refractivity contribution >= 4 is 23.5 Å². The van der Waals surface area contributed by atoms with Crippen molar-refractivity contribution in [3.05, 3.63) is 41.7 Å². The lowest BCUT2D eigenvalue weighted by molar-refractivity contribution is -0.113. The zero-order valence-corrected chi connectivity index (χ0v) is 14.2. The number of aromatic nitrogens is 4. The number of H-pyrrole nitrogens is 1. The normalized spacial score (nSPS) is 10.8. The molecular weight excluding hydrogens is 326 g/mol. The van der Waals surface area contributed by atoms with Crippen molar-refractivity contribution in [2.24, 2.45) is 0 Å². The molecule has 8 heteroatoms. The molecule has 0 aliphatic carbocycles. The second kappa shape index (κ2) is 7.31. The highest BCUT2D eigenvalue weighted by Crippen LogP contribution is 2.20. The van der Waals surface area contributed by atoms with E-state index in [-0.39, 0.29) is 11.7 Å². The van der Waals surface area contributed by atoms with Crippen LogP contribution in [0.3, 0.4) is 0 Å². The molecule has 0 fully saturated rings. The van der Waals surface area contributed by atoms with E-state index in [1.54, 1.807) is 13.0 Å². The molecule has 0 saturated heterocycles. The lowest BCUT2D eigenvalue weighted by Gasteiger charge is -1.99. The largest absolute Gasteiger partial charge is 0.360 e. The van der Waals surface area contributed by atoms with Crippen molar-refractivity contribution in [3.63, 3.8) is 0 Å². The summed E-state index contributed by atoms with van der Waals surface area (Å²) in [7, 11) is 0. The Morgan fingerprint density at radius 2 is 2.12 bits per heavy atom. The molecule has 0 bridgehead atoms. The van der Waals surface area contributed by atoms with E-state index in [4.69, 9.17) is 4.52 Å². The SMILES string of the molecule is CCc1ccc(-c2nc(SCC(=O)Nc3cc(C)on3)n[nH]2)cc1. The summed E-state index contributed by atoms with van der Waals surface area (Å²) in [6, 6.07) is 9.81. The molecule has 0 aliphatic rings. The predicted molar refractivity (Wildman–Crippen MR) is 91.8 cm³/mol. The molecule has 2 heterocycles. The Bertz CT molecular complexity index is 825.